The van der Waals surface area contributed by atoms with Crippen LogP contribution in [-0.4, -0.2) is 21.9 Å². The average molecular weight is 310 g/mol. The highest BCUT2D eigenvalue weighted by atomic mass is 16.1. The number of hydrogen-bond acceptors (Lipinski definition) is 4. The second-order valence-corrected chi connectivity index (χ2v) is 5.96. The molecule has 0 saturated heterocycles. The molecule has 3 rings (SSSR count). The third-order valence-corrected chi connectivity index (χ3v) is 4.15. The summed E-state index contributed by atoms with van der Waals surface area (Å²) in [5.74, 6) is -0.168. The van der Waals surface area contributed by atoms with E-state index in [9.17, 15) is 4.79 Å². The largest absolute Gasteiger partial charge is 0.381 e. The average Bonchev–Trinajstić information content (AvgIpc) is 2.62. The van der Waals surface area contributed by atoms with Crippen LogP contribution >= 0.6 is 0 Å². The van der Waals surface area contributed by atoms with E-state index in [-0.39, 0.29) is 5.91 Å². The summed E-state index contributed by atoms with van der Waals surface area (Å²) in [6.07, 6.45) is 11.6. The van der Waals surface area contributed by atoms with Gasteiger partial charge in [0.15, 0.2) is 0 Å². The summed E-state index contributed by atoms with van der Waals surface area (Å²) >= 11 is 0. The highest BCUT2D eigenvalue weighted by Gasteiger charge is 2.13. The van der Waals surface area contributed by atoms with Crippen LogP contribution in [0.5, 0.6) is 0 Å². The Morgan fingerprint density at radius 1 is 1.13 bits per heavy atom. The third kappa shape index (κ3) is 4.52. The molecule has 120 valence electrons. The minimum atomic E-state index is -0.168. The molecule has 2 heterocycles. The Bertz CT molecular complexity index is 621. The molecule has 5 heteroatoms. The molecule has 0 bridgehead atoms. The Morgan fingerprint density at radius 2 is 2.00 bits per heavy atom. The van der Waals surface area contributed by atoms with Crippen LogP contribution < -0.4 is 10.6 Å². The van der Waals surface area contributed by atoms with Gasteiger partial charge in [-0.05, 0) is 36.6 Å². The van der Waals surface area contributed by atoms with Crippen molar-refractivity contribution >= 4 is 11.6 Å². The first kappa shape index (κ1) is 15.5. The van der Waals surface area contributed by atoms with Crippen molar-refractivity contribution in [2.75, 3.05) is 5.32 Å². The number of anilines is 1. The van der Waals surface area contributed by atoms with Crippen molar-refractivity contribution in [1.82, 2.24) is 15.3 Å². The highest BCUT2D eigenvalue weighted by Crippen LogP contribution is 2.21. The van der Waals surface area contributed by atoms with Crippen molar-refractivity contribution in [1.29, 1.82) is 0 Å². The molecular weight excluding hydrogens is 288 g/mol. The number of hydrogen-bond donors (Lipinski definition) is 2. The zero-order valence-electron chi connectivity index (χ0n) is 13.2. The van der Waals surface area contributed by atoms with E-state index in [0.29, 0.717) is 18.3 Å². The fraction of sp³-hybridized carbons (Fsp3) is 0.389. The number of nitrogens with one attached hydrogen (secondary N) is 2. The summed E-state index contributed by atoms with van der Waals surface area (Å²) in [7, 11) is 0. The molecule has 0 atom stereocenters. The summed E-state index contributed by atoms with van der Waals surface area (Å²) in [5.41, 5.74) is 2.39. The summed E-state index contributed by atoms with van der Waals surface area (Å²) in [6, 6.07) is 8.02. The van der Waals surface area contributed by atoms with Gasteiger partial charge in [-0.15, -0.1) is 0 Å². The Labute approximate surface area is 136 Å². The minimum Gasteiger partial charge on any atom is -0.381 e. The topological polar surface area (TPSA) is 66.9 Å². The summed E-state index contributed by atoms with van der Waals surface area (Å²) < 4.78 is 0. The lowest BCUT2D eigenvalue weighted by molar-refractivity contribution is 0.0946. The molecule has 23 heavy (non-hydrogen) atoms. The van der Waals surface area contributed by atoms with E-state index in [1.54, 1.807) is 24.7 Å². The number of pyridine rings is 2. The van der Waals surface area contributed by atoms with Crippen LogP contribution in [0.4, 0.5) is 5.69 Å². The van der Waals surface area contributed by atoms with E-state index < -0.39 is 0 Å². The number of carbonyl (C=O) groups excluding carboxylic acids is 1. The van der Waals surface area contributed by atoms with Gasteiger partial charge in [-0.25, -0.2) is 4.98 Å². The molecule has 1 amide bonds. The maximum atomic E-state index is 12.1. The van der Waals surface area contributed by atoms with Crippen LogP contribution in [0.15, 0.2) is 42.9 Å². The first-order valence-corrected chi connectivity index (χ1v) is 8.21. The smallest absolute Gasteiger partial charge is 0.270 e. The monoisotopic (exact) mass is 310 g/mol. The predicted molar refractivity (Wildman–Crippen MR) is 90.1 cm³/mol. The van der Waals surface area contributed by atoms with Gasteiger partial charge >= 0.3 is 0 Å². The highest BCUT2D eigenvalue weighted by molar-refractivity contribution is 5.92. The van der Waals surface area contributed by atoms with Gasteiger partial charge < -0.3 is 10.6 Å². The van der Waals surface area contributed by atoms with Crippen molar-refractivity contribution in [3.63, 3.8) is 0 Å². The van der Waals surface area contributed by atoms with Crippen molar-refractivity contribution in [2.45, 2.75) is 44.7 Å². The maximum absolute atomic E-state index is 12.1. The van der Waals surface area contributed by atoms with E-state index in [2.05, 4.69) is 20.6 Å². The summed E-state index contributed by atoms with van der Waals surface area (Å²) in [4.78, 5) is 20.4. The van der Waals surface area contributed by atoms with E-state index in [1.165, 1.54) is 32.1 Å². The van der Waals surface area contributed by atoms with Gasteiger partial charge in [0.05, 0.1) is 11.9 Å². The Hall–Kier alpha value is -2.43. The lowest BCUT2D eigenvalue weighted by Crippen LogP contribution is -2.24. The Kier molecular flexibility index (Phi) is 5.19. The van der Waals surface area contributed by atoms with Crippen LogP contribution in [0.3, 0.4) is 0 Å². The zero-order chi connectivity index (χ0) is 15.9. The fourth-order valence-electron chi connectivity index (χ4n) is 2.87. The molecule has 2 N–H and O–H groups in total. The number of rotatable bonds is 5. The molecule has 0 spiro atoms. The van der Waals surface area contributed by atoms with E-state index >= 15 is 0 Å². The van der Waals surface area contributed by atoms with Crippen LogP contribution in [0.25, 0.3) is 0 Å². The summed E-state index contributed by atoms with van der Waals surface area (Å²) in [5, 5.41) is 6.36. The van der Waals surface area contributed by atoms with Crippen molar-refractivity contribution < 1.29 is 4.79 Å². The Balaban J connectivity index is 1.52. The van der Waals surface area contributed by atoms with Crippen LogP contribution in [0.2, 0.25) is 0 Å². The first-order chi connectivity index (χ1) is 11.3. The molecule has 0 aromatic carbocycles. The van der Waals surface area contributed by atoms with E-state index in [1.807, 2.05) is 18.2 Å². The molecule has 2 aromatic heterocycles. The number of nitrogens with zero attached hydrogens (tertiary/aromatic N) is 2. The molecule has 0 aliphatic heterocycles. The molecule has 1 saturated carbocycles. The normalized spacial score (nSPS) is 15.1. The number of aromatic nitrogens is 2. The van der Waals surface area contributed by atoms with Gasteiger partial charge in [0.25, 0.3) is 5.91 Å². The van der Waals surface area contributed by atoms with Crippen molar-refractivity contribution in [2.24, 2.45) is 0 Å². The molecule has 2 aromatic rings. The van der Waals surface area contributed by atoms with Crippen molar-refractivity contribution in [3.8, 4) is 0 Å². The zero-order valence-corrected chi connectivity index (χ0v) is 13.2. The van der Waals surface area contributed by atoms with E-state index in [4.69, 9.17) is 0 Å². The summed E-state index contributed by atoms with van der Waals surface area (Å²) in [6.45, 7) is 0.455. The molecule has 1 fully saturated rings. The van der Waals surface area contributed by atoms with Crippen molar-refractivity contribution in [3.05, 3.63) is 54.1 Å². The number of carbonyl (C=O) groups is 1. The predicted octanol–water partition coefficient (Wildman–Crippen LogP) is 3.15. The van der Waals surface area contributed by atoms with Crippen LogP contribution in [-0.2, 0) is 6.54 Å². The third-order valence-electron chi connectivity index (χ3n) is 4.15. The van der Waals surface area contributed by atoms with Crippen LogP contribution in [0, 0.1) is 0 Å². The van der Waals surface area contributed by atoms with Crippen LogP contribution in [0.1, 0.15) is 48.2 Å². The molecule has 5 nitrogen and oxygen atoms in total. The first-order valence-electron chi connectivity index (χ1n) is 8.21. The van der Waals surface area contributed by atoms with Gasteiger partial charge in [0.1, 0.15) is 5.69 Å². The standard InChI is InChI=1S/C18H22N4O/c23-18(21-12-14-5-4-10-19-11-14)17-9-8-16(13-20-17)22-15-6-2-1-3-7-15/h4-5,8-11,13,15,22H,1-3,6-7,12H2,(H,21,23). The molecule has 0 radical (unpaired) electrons. The minimum absolute atomic E-state index is 0.168. The van der Waals surface area contributed by atoms with Gasteiger partial charge in [-0.3, -0.25) is 9.78 Å². The van der Waals surface area contributed by atoms with Gasteiger partial charge in [0.2, 0.25) is 0 Å². The number of amides is 1. The second kappa shape index (κ2) is 7.72. The lowest BCUT2D eigenvalue weighted by Gasteiger charge is -2.23. The lowest BCUT2D eigenvalue weighted by atomic mass is 9.95. The SMILES string of the molecule is O=C(NCc1cccnc1)c1ccc(NC2CCCCC2)cn1. The molecule has 1 aliphatic carbocycles. The fourth-order valence-corrected chi connectivity index (χ4v) is 2.87. The quantitative estimate of drug-likeness (QED) is 0.890. The second-order valence-electron chi connectivity index (χ2n) is 5.96. The van der Waals surface area contributed by atoms with E-state index in [0.717, 1.165) is 11.3 Å². The molecular formula is C18H22N4O. The van der Waals surface area contributed by atoms with Gasteiger partial charge in [0, 0.05) is 25.0 Å². The van der Waals surface area contributed by atoms with Gasteiger partial charge in [-0.1, -0.05) is 25.3 Å². The molecule has 1 aliphatic rings. The Morgan fingerprint density at radius 3 is 2.70 bits per heavy atom. The molecule has 0 unspecified atom stereocenters. The van der Waals surface area contributed by atoms with Gasteiger partial charge in [-0.2, -0.15) is 0 Å². The maximum Gasteiger partial charge on any atom is 0.270 e.